The van der Waals surface area contributed by atoms with Gasteiger partial charge in [0, 0.05) is 11.1 Å². The Balaban J connectivity index is 0.00000432. The van der Waals surface area contributed by atoms with Crippen molar-refractivity contribution in [3.63, 3.8) is 0 Å². The second-order valence-corrected chi connectivity index (χ2v) is 10.1. The van der Waals surface area contributed by atoms with Crippen LogP contribution in [0.2, 0.25) is 0 Å². The number of ketones is 1. The number of Topliss-reactive ketones (excluding diaryl/α,β-unsaturated/α-hetero) is 1. The van der Waals surface area contributed by atoms with Crippen molar-refractivity contribution in [2.45, 2.75) is 76.7 Å². The number of fused-ring (bicyclic) bond motifs is 1. The highest BCUT2D eigenvalue weighted by atomic mass is 35.5. The summed E-state index contributed by atoms with van der Waals surface area (Å²) in [7, 11) is 0. The first-order valence-electron chi connectivity index (χ1n) is 11.7. The molecule has 0 aromatic heterocycles. The van der Waals surface area contributed by atoms with Crippen LogP contribution < -0.4 is 15.6 Å². The minimum Gasteiger partial charge on any atom is -0.507 e. The third kappa shape index (κ3) is 6.08. The summed E-state index contributed by atoms with van der Waals surface area (Å²) >= 11 is 5.88. The maximum Gasteiger partial charge on any atom is 0.321 e. The van der Waals surface area contributed by atoms with Crippen molar-refractivity contribution in [1.82, 2.24) is 6.15 Å². The Bertz CT molecular complexity index is 1080. The molecular weight excluding hydrogens is 470 g/mol. The van der Waals surface area contributed by atoms with E-state index in [9.17, 15) is 14.7 Å². The van der Waals surface area contributed by atoms with Gasteiger partial charge in [-0.2, -0.15) is 0 Å². The molecule has 5 N–H and O–H groups in total. The number of ether oxygens (including phenoxy) is 2. The van der Waals surface area contributed by atoms with E-state index in [0.717, 1.165) is 11.1 Å². The number of phenolic OH excluding ortho intramolecular Hbond substituents is 1. The molecule has 0 radical (unpaired) electrons. The zero-order valence-electron chi connectivity index (χ0n) is 21.1. The Morgan fingerprint density at radius 3 is 2.46 bits per heavy atom. The summed E-state index contributed by atoms with van der Waals surface area (Å²) < 4.78 is 12.5. The number of hydrogen-bond acceptors (Lipinski definition) is 6. The van der Waals surface area contributed by atoms with Gasteiger partial charge in [-0.15, -0.1) is 11.6 Å². The topological polar surface area (TPSA) is 128 Å². The molecule has 0 bridgehead atoms. The number of aromatic hydroxyl groups is 1. The summed E-state index contributed by atoms with van der Waals surface area (Å²) in [6.07, 6.45) is 0.865. The molecule has 35 heavy (non-hydrogen) atoms. The predicted molar refractivity (Wildman–Crippen MR) is 137 cm³/mol. The summed E-state index contributed by atoms with van der Waals surface area (Å²) in [6.45, 7) is 10.0. The SMILES string of the molecule is CCC1(COc2cccc(CC(Cl)C(=O)O)c2)CC(=O)c2c(cc(C(C)C)c(O)c2C(C)C)O1.N. The van der Waals surface area contributed by atoms with Crippen LogP contribution in [0.5, 0.6) is 17.2 Å². The van der Waals surface area contributed by atoms with Gasteiger partial charge in [0.2, 0.25) is 0 Å². The van der Waals surface area contributed by atoms with E-state index in [2.05, 4.69) is 0 Å². The molecule has 7 nitrogen and oxygen atoms in total. The molecule has 192 valence electrons. The second kappa shape index (κ2) is 11.3. The third-order valence-corrected chi connectivity index (χ3v) is 6.69. The van der Waals surface area contributed by atoms with Gasteiger partial charge in [0.25, 0.3) is 0 Å². The Morgan fingerprint density at radius 2 is 1.89 bits per heavy atom. The monoisotopic (exact) mass is 505 g/mol. The first-order valence-corrected chi connectivity index (χ1v) is 12.1. The Morgan fingerprint density at radius 1 is 1.20 bits per heavy atom. The molecule has 0 saturated heterocycles. The van der Waals surface area contributed by atoms with Crippen LogP contribution in [0.25, 0.3) is 0 Å². The van der Waals surface area contributed by atoms with Gasteiger partial charge >= 0.3 is 5.97 Å². The lowest BCUT2D eigenvalue weighted by molar-refractivity contribution is -0.136. The first kappa shape index (κ1) is 28.5. The number of phenols is 1. The Hall–Kier alpha value is -2.77. The van der Waals surface area contributed by atoms with E-state index in [-0.39, 0.29) is 49.0 Å². The fraction of sp³-hybridized carbons (Fsp3) is 0.481. The summed E-state index contributed by atoms with van der Waals surface area (Å²) in [5.41, 5.74) is 1.75. The third-order valence-electron chi connectivity index (χ3n) is 6.35. The molecular formula is C27H36ClNO6. The molecule has 2 atom stereocenters. The van der Waals surface area contributed by atoms with E-state index in [1.165, 1.54) is 0 Å². The van der Waals surface area contributed by atoms with Crippen molar-refractivity contribution in [2.75, 3.05) is 6.61 Å². The van der Waals surface area contributed by atoms with Crippen LogP contribution in [0.4, 0.5) is 0 Å². The number of carbonyl (C=O) groups excluding carboxylic acids is 1. The molecule has 0 aliphatic carbocycles. The van der Waals surface area contributed by atoms with Crippen LogP contribution in [0, 0.1) is 0 Å². The van der Waals surface area contributed by atoms with Crippen molar-refractivity contribution in [3.05, 3.63) is 52.6 Å². The van der Waals surface area contributed by atoms with E-state index in [1.807, 2.05) is 34.6 Å². The smallest absolute Gasteiger partial charge is 0.321 e. The number of hydrogen-bond donors (Lipinski definition) is 3. The van der Waals surface area contributed by atoms with Gasteiger partial charge < -0.3 is 25.8 Å². The van der Waals surface area contributed by atoms with Crippen molar-refractivity contribution in [3.8, 4) is 17.2 Å². The number of benzene rings is 2. The molecule has 2 unspecified atom stereocenters. The molecule has 8 heteroatoms. The highest BCUT2D eigenvalue weighted by Crippen LogP contribution is 2.46. The standard InChI is InChI=1S/C27H33ClO6.H3N/c1-6-27(14-33-18-9-7-8-17(10-18)11-20(28)26(31)32)13-21(29)24-22(34-27)12-19(15(2)3)25(30)23(24)16(4)5;/h7-10,12,15-16,20,30H,6,11,13-14H2,1-5H3,(H,31,32);1H3. The van der Waals surface area contributed by atoms with Gasteiger partial charge in [0.1, 0.15) is 34.8 Å². The summed E-state index contributed by atoms with van der Waals surface area (Å²) in [6, 6.07) is 8.90. The fourth-order valence-corrected chi connectivity index (χ4v) is 4.54. The van der Waals surface area contributed by atoms with Gasteiger partial charge in [-0.25, -0.2) is 0 Å². The number of aliphatic carboxylic acids is 1. The molecule has 0 saturated carbocycles. The number of alkyl halides is 1. The average Bonchev–Trinajstić information content (AvgIpc) is 2.77. The van der Waals surface area contributed by atoms with Crippen LogP contribution >= 0.6 is 11.6 Å². The number of halogens is 1. The highest BCUT2D eigenvalue weighted by molar-refractivity contribution is 6.29. The van der Waals surface area contributed by atoms with Gasteiger partial charge in [-0.3, -0.25) is 9.59 Å². The number of carboxylic acid groups (broad SMARTS) is 1. The molecule has 2 aromatic carbocycles. The van der Waals surface area contributed by atoms with Crippen molar-refractivity contribution >= 4 is 23.4 Å². The van der Waals surface area contributed by atoms with E-state index >= 15 is 0 Å². The van der Waals surface area contributed by atoms with Gasteiger partial charge in [-0.05, 0) is 48.4 Å². The Labute approximate surface area is 212 Å². The quantitative estimate of drug-likeness (QED) is 0.344. The molecule has 0 amide bonds. The summed E-state index contributed by atoms with van der Waals surface area (Å²) in [5, 5.41) is 18.9. The average molecular weight is 506 g/mol. The van der Waals surface area contributed by atoms with Crippen molar-refractivity contribution in [2.24, 2.45) is 0 Å². The fourth-order valence-electron chi connectivity index (χ4n) is 4.36. The lowest BCUT2D eigenvalue weighted by atomic mass is 9.82. The zero-order chi connectivity index (χ0) is 25.2. The van der Waals surface area contributed by atoms with Crippen LogP contribution in [0.15, 0.2) is 30.3 Å². The van der Waals surface area contributed by atoms with Gasteiger partial charge in [-0.1, -0.05) is 46.8 Å². The van der Waals surface area contributed by atoms with Crippen LogP contribution in [-0.4, -0.2) is 39.6 Å². The van der Waals surface area contributed by atoms with E-state index in [1.54, 1.807) is 30.3 Å². The number of carbonyl (C=O) groups is 2. The second-order valence-electron chi connectivity index (χ2n) is 9.60. The van der Waals surface area contributed by atoms with Crippen molar-refractivity contribution in [1.29, 1.82) is 0 Å². The zero-order valence-corrected chi connectivity index (χ0v) is 21.8. The summed E-state index contributed by atoms with van der Waals surface area (Å²) in [4.78, 5) is 24.4. The molecule has 0 spiro atoms. The molecule has 1 aliphatic heterocycles. The van der Waals surface area contributed by atoms with Crippen LogP contribution in [-0.2, 0) is 11.2 Å². The number of rotatable bonds is 9. The molecule has 1 heterocycles. The maximum absolute atomic E-state index is 13.4. The molecule has 2 aromatic rings. The lowest BCUT2D eigenvalue weighted by Gasteiger charge is -2.38. The maximum atomic E-state index is 13.4. The van der Waals surface area contributed by atoms with E-state index in [0.29, 0.717) is 29.0 Å². The number of carboxylic acids is 1. The largest absolute Gasteiger partial charge is 0.507 e. The summed E-state index contributed by atoms with van der Waals surface area (Å²) in [5.74, 6) is 0.112. The van der Waals surface area contributed by atoms with Gasteiger partial charge in [0.05, 0.1) is 12.0 Å². The molecule has 3 rings (SSSR count). The molecule has 1 aliphatic rings. The first-order chi connectivity index (χ1) is 16.0. The van der Waals surface area contributed by atoms with E-state index in [4.69, 9.17) is 26.2 Å². The minimum atomic E-state index is -1.07. The lowest BCUT2D eigenvalue weighted by Crippen LogP contribution is -2.47. The van der Waals surface area contributed by atoms with Crippen LogP contribution in [0.1, 0.15) is 86.3 Å². The highest BCUT2D eigenvalue weighted by Gasteiger charge is 2.42. The minimum absolute atomic E-state index is 0. The molecule has 0 fully saturated rings. The predicted octanol–water partition coefficient (Wildman–Crippen LogP) is 6.23. The normalized spacial score (nSPS) is 18.0. The van der Waals surface area contributed by atoms with Crippen molar-refractivity contribution < 1.29 is 29.3 Å². The van der Waals surface area contributed by atoms with E-state index < -0.39 is 16.9 Å². The Kier molecular flexibility index (Phi) is 9.20. The van der Waals surface area contributed by atoms with Gasteiger partial charge in [0.15, 0.2) is 5.78 Å². The van der Waals surface area contributed by atoms with Crippen LogP contribution in [0.3, 0.4) is 0 Å².